The number of carbonyl (C=O) groups is 1. The van der Waals surface area contributed by atoms with Gasteiger partial charge in [0.2, 0.25) is 0 Å². The van der Waals surface area contributed by atoms with Gasteiger partial charge in [0, 0.05) is 24.6 Å². The summed E-state index contributed by atoms with van der Waals surface area (Å²) in [6, 6.07) is 5.02. The third-order valence-corrected chi connectivity index (χ3v) is 5.46. The maximum atomic E-state index is 13.4. The minimum atomic E-state index is -0.567. The van der Waals surface area contributed by atoms with Gasteiger partial charge in [0.05, 0.1) is 28.4 Å². The standard InChI is InChI=1S/C23H26N6O4/c1-5-33-23(32)19-14(2)25-26-20(19)29-12-8-18-16(22(29)31)13-15-17(24-18)7-11-28(21(15)30)10-6-9-27(3)4/h7-8,11-13H,5-6,9-10H2,1-4H3,(H,25,26). The molecule has 0 saturated heterocycles. The first kappa shape index (κ1) is 22.4. The van der Waals surface area contributed by atoms with Crippen LogP contribution in [0.2, 0.25) is 0 Å². The molecule has 4 rings (SSSR count). The van der Waals surface area contributed by atoms with Gasteiger partial charge < -0.3 is 14.2 Å². The fourth-order valence-corrected chi connectivity index (χ4v) is 3.80. The summed E-state index contributed by atoms with van der Waals surface area (Å²) in [5.41, 5.74) is 1.04. The van der Waals surface area contributed by atoms with Crippen molar-refractivity contribution in [2.24, 2.45) is 0 Å². The Bertz CT molecular complexity index is 1460. The number of ether oxygens (including phenoxy) is 1. The van der Waals surface area contributed by atoms with Crippen LogP contribution >= 0.6 is 0 Å². The van der Waals surface area contributed by atoms with Crippen molar-refractivity contribution >= 4 is 27.8 Å². The second-order valence-electron chi connectivity index (χ2n) is 8.08. The molecule has 172 valence electrons. The number of hydrogen-bond acceptors (Lipinski definition) is 7. The lowest BCUT2D eigenvalue weighted by atomic mass is 10.1. The van der Waals surface area contributed by atoms with Crippen molar-refractivity contribution in [2.75, 3.05) is 27.2 Å². The Balaban J connectivity index is 1.84. The summed E-state index contributed by atoms with van der Waals surface area (Å²) < 4.78 is 8.02. The molecule has 0 fully saturated rings. The van der Waals surface area contributed by atoms with Crippen LogP contribution in [-0.4, -0.2) is 62.4 Å². The number of fused-ring (bicyclic) bond motifs is 2. The first-order valence-electron chi connectivity index (χ1n) is 10.7. The SMILES string of the molecule is CCOC(=O)c1c(-n2ccc3nc4ccn(CCCN(C)C)c(=O)c4cc3c2=O)n[nH]c1C. The van der Waals surface area contributed by atoms with Gasteiger partial charge in [-0.05, 0) is 59.1 Å². The molecule has 0 amide bonds. The molecule has 0 aromatic carbocycles. The quantitative estimate of drug-likeness (QED) is 0.338. The fraction of sp³-hybridized carbons (Fsp3) is 0.348. The average molecular weight is 450 g/mol. The molecular weight excluding hydrogens is 424 g/mol. The molecule has 10 nitrogen and oxygen atoms in total. The third-order valence-electron chi connectivity index (χ3n) is 5.46. The van der Waals surface area contributed by atoms with Crippen molar-refractivity contribution in [1.82, 2.24) is 29.2 Å². The molecule has 0 radical (unpaired) electrons. The topological polar surface area (TPSA) is 115 Å². The number of aromatic amines is 1. The smallest absolute Gasteiger partial charge is 0.343 e. The third kappa shape index (κ3) is 4.17. The largest absolute Gasteiger partial charge is 0.462 e. The summed E-state index contributed by atoms with van der Waals surface area (Å²) >= 11 is 0. The predicted octanol–water partition coefficient (Wildman–Crippen LogP) is 1.86. The summed E-state index contributed by atoms with van der Waals surface area (Å²) in [4.78, 5) is 45.4. The lowest BCUT2D eigenvalue weighted by Crippen LogP contribution is -2.24. The molecule has 0 spiro atoms. The molecule has 0 unspecified atom stereocenters. The normalized spacial score (nSPS) is 11.5. The number of H-pyrrole nitrogens is 1. The summed E-state index contributed by atoms with van der Waals surface area (Å²) in [5.74, 6) is -0.421. The van der Waals surface area contributed by atoms with E-state index in [2.05, 4.69) is 20.1 Å². The molecule has 33 heavy (non-hydrogen) atoms. The molecule has 4 aromatic heterocycles. The van der Waals surface area contributed by atoms with E-state index in [-0.39, 0.29) is 28.9 Å². The summed E-state index contributed by atoms with van der Waals surface area (Å²) in [7, 11) is 3.97. The Morgan fingerprint density at radius 1 is 1.12 bits per heavy atom. The molecule has 0 saturated carbocycles. The molecule has 1 N–H and O–H groups in total. The van der Waals surface area contributed by atoms with Gasteiger partial charge in [-0.1, -0.05) is 0 Å². The number of nitrogens with one attached hydrogen (secondary N) is 1. The molecule has 0 atom stereocenters. The van der Waals surface area contributed by atoms with Gasteiger partial charge in [-0.15, -0.1) is 0 Å². The first-order valence-corrected chi connectivity index (χ1v) is 10.7. The van der Waals surface area contributed by atoms with Crippen LogP contribution in [0, 0.1) is 6.92 Å². The Morgan fingerprint density at radius 2 is 1.82 bits per heavy atom. The Morgan fingerprint density at radius 3 is 2.52 bits per heavy atom. The van der Waals surface area contributed by atoms with Crippen molar-refractivity contribution < 1.29 is 9.53 Å². The highest BCUT2D eigenvalue weighted by molar-refractivity contribution is 5.95. The number of nitrogens with zero attached hydrogens (tertiary/aromatic N) is 5. The molecule has 0 aliphatic carbocycles. The van der Waals surface area contributed by atoms with E-state index in [1.54, 1.807) is 42.8 Å². The highest BCUT2D eigenvalue weighted by Crippen LogP contribution is 2.19. The number of aromatic nitrogens is 5. The van der Waals surface area contributed by atoms with Crippen molar-refractivity contribution in [3.8, 4) is 5.82 Å². The van der Waals surface area contributed by atoms with Gasteiger partial charge >= 0.3 is 5.97 Å². The minimum absolute atomic E-state index is 0.145. The van der Waals surface area contributed by atoms with E-state index in [1.165, 1.54) is 10.8 Å². The first-order chi connectivity index (χ1) is 15.8. The van der Waals surface area contributed by atoms with Crippen LogP contribution in [0.15, 0.2) is 40.2 Å². The molecule has 0 bridgehead atoms. The molecular formula is C23H26N6O4. The number of carbonyl (C=O) groups excluding carboxylic acids is 1. The van der Waals surface area contributed by atoms with Gasteiger partial charge in [0.25, 0.3) is 11.1 Å². The number of hydrogen-bond donors (Lipinski definition) is 1. The van der Waals surface area contributed by atoms with E-state index in [9.17, 15) is 14.4 Å². The van der Waals surface area contributed by atoms with E-state index in [4.69, 9.17) is 4.74 Å². The average Bonchev–Trinajstić information content (AvgIpc) is 3.16. The van der Waals surface area contributed by atoms with Crippen LogP contribution in [0.3, 0.4) is 0 Å². The Kier molecular flexibility index (Phi) is 6.10. The molecule has 4 heterocycles. The van der Waals surface area contributed by atoms with E-state index >= 15 is 0 Å². The number of pyridine rings is 3. The molecule has 0 aliphatic heterocycles. The highest BCUT2D eigenvalue weighted by atomic mass is 16.5. The van der Waals surface area contributed by atoms with Gasteiger partial charge in [-0.2, -0.15) is 5.10 Å². The zero-order chi connectivity index (χ0) is 23.7. The second kappa shape index (κ2) is 8.99. The monoisotopic (exact) mass is 450 g/mol. The van der Waals surface area contributed by atoms with E-state index in [1.807, 2.05) is 14.1 Å². The summed E-state index contributed by atoms with van der Waals surface area (Å²) in [6.45, 7) is 5.02. The van der Waals surface area contributed by atoms with Crippen LogP contribution in [0.4, 0.5) is 0 Å². The maximum Gasteiger partial charge on any atom is 0.343 e. The van der Waals surface area contributed by atoms with Crippen molar-refractivity contribution in [3.63, 3.8) is 0 Å². The fourth-order valence-electron chi connectivity index (χ4n) is 3.80. The number of aryl methyl sites for hydroxylation is 2. The summed E-state index contributed by atoms with van der Waals surface area (Å²) in [5, 5.41) is 7.52. The maximum absolute atomic E-state index is 13.4. The van der Waals surface area contributed by atoms with Gasteiger partial charge in [0.15, 0.2) is 5.82 Å². The molecule has 4 aromatic rings. The Labute approximate surface area is 189 Å². The predicted molar refractivity (Wildman–Crippen MR) is 125 cm³/mol. The van der Waals surface area contributed by atoms with Gasteiger partial charge in [-0.25, -0.2) is 9.78 Å². The lowest BCUT2D eigenvalue weighted by molar-refractivity contribution is 0.0525. The number of rotatable bonds is 7. The number of esters is 1. The van der Waals surface area contributed by atoms with Crippen molar-refractivity contribution in [1.29, 1.82) is 0 Å². The highest BCUT2D eigenvalue weighted by Gasteiger charge is 2.22. The lowest BCUT2D eigenvalue weighted by Gasteiger charge is -2.11. The van der Waals surface area contributed by atoms with Crippen molar-refractivity contribution in [3.05, 3.63) is 62.6 Å². The zero-order valence-corrected chi connectivity index (χ0v) is 19.1. The molecule has 10 heteroatoms. The van der Waals surface area contributed by atoms with Gasteiger partial charge in [0.1, 0.15) is 5.56 Å². The van der Waals surface area contributed by atoms with E-state index < -0.39 is 11.5 Å². The van der Waals surface area contributed by atoms with Gasteiger partial charge in [-0.3, -0.25) is 19.3 Å². The van der Waals surface area contributed by atoms with Crippen LogP contribution in [0.1, 0.15) is 29.4 Å². The second-order valence-corrected chi connectivity index (χ2v) is 8.08. The minimum Gasteiger partial charge on any atom is -0.462 e. The van der Waals surface area contributed by atoms with Crippen LogP contribution in [0.25, 0.3) is 27.6 Å². The van der Waals surface area contributed by atoms with Crippen molar-refractivity contribution in [2.45, 2.75) is 26.8 Å². The van der Waals surface area contributed by atoms with Crippen LogP contribution < -0.4 is 11.1 Å². The van der Waals surface area contributed by atoms with E-state index in [0.717, 1.165) is 13.0 Å². The Hall–Kier alpha value is -3.79. The van der Waals surface area contributed by atoms with E-state index in [0.29, 0.717) is 28.7 Å². The molecule has 0 aliphatic rings. The van der Waals surface area contributed by atoms with Crippen LogP contribution in [-0.2, 0) is 11.3 Å². The zero-order valence-electron chi connectivity index (χ0n) is 19.1. The summed E-state index contributed by atoms with van der Waals surface area (Å²) in [6.07, 6.45) is 4.07. The van der Waals surface area contributed by atoms with Crippen LogP contribution in [0.5, 0.6) is 0 Å².